The molecule has 50 heavy (non-hydrogen) atoms. The summed E-state index contributed by atoms with van der Waals surface area (Å²) in [6.45, 7) is 17.6. The molecule has 4 aromatic rings. The molecule has 0 saturated carbocycles. The van der Waals surface area contributed by atoms with Gasteiger partial charge in [0, 0.05) is 29.9 Å². The van der Waals surface area contributed by atoms with E-state index in [0.717, 1.165) is 15.9 Å². The summed E-state index contributed by atoms with van der Waals surface area (Å²) in [5.41, 5.74) is 3.99. The standard InChI is InChI=1S/C12H15IO3.C8H7IO2.C8H10.C5H5N.C4H8O.4CH4/c1-4-15-9(3)16-12-6-5-10(8(2)14)7-11(12)13;1-5(10)6-2-3-8(11)7(9)4-6;1-7-3-5-8(2)6-4-7;1-2-4-6-5-3-1;1-3-5-4-2;;;;/h5-7,9H,4H2,1-3H3;2-4,11H,1H3;3-6H,1-2H3;1-5H;3H,1,4H2,2H3;4*1H4/p+1. The number of aryl methyl sites for hydroxylation is 2. The van der Waals surface area contributed by atoms with E-state index in [1.807, 2.05) is 80.0 Å². The third kappa shape index (κ3) is 27.5. The number of Topliss-reactive ketones (excluding diaryl/α,β-unsaturated/α-hetero) is 2. The Bertz CT molecular complexity index is 1380. The number of carbonyl (C=O) groups is 2. The number of aromatic hydroxyl groups is 1. The summed E-state index contributed by atoms with van der Waals surface area (Å²) in [6.07, 6.45) is 4.90. The zero-order valence-corrected chi connectivity index (χ0v) is 32.0. The molecule has 0 aliphatic rings. The fraction of sp³-hybridized carbons (Fsp3) is 0.341. The van der Waals surface area contributed by atoms with Gasteiger partial charge in [-0.05, 0) is 130 Å². The number of hydrogen-bond acceptors (Lipinski definition) is 6. The van der Waals surface area contributed by atoms with Crippen molar-refractivity contribution in [3.8, 4) is 11.5 Å². The number of phenolic OH excluding ortho intramolecular Hbond substituents is 1. The van der Waals surface area contributed by atoms with Gasteiger partial charge in [0.15, 0.2) is 30.3 Å². The Hall–Kier alpha value is -3.29. The molecule has 0 aliphatic heterocycles. The van der Waals surface area contributed by atoms with Gasteiger partial charge in [-0.3, -0.25) is 9.59 Å². The van der Waals surface area contributed by atoms with Gasteiger partial charge >= 0.3 is 0 Å². The van der Waals surface area contributed by atoms with Crippen LogP contribution >= 0.6 is 45.2 Å². The number of phenols is 1. The Morgan fingerprint density at radius 3 is 1.54 bits per heavy atom. The number of H-pyrrole nitrogens is 1. The molecule has 4 rings (SSSR count). The van der Waals surface area contributed by atoms with Crippen molar-refractivity contribution in [2.75, 3.05) is 13.2 Å². The third-order valence-corrected chi connectivity index (χ3v) is 7.20. The topological polar surface area (TPSA) is 96.2 Å². The molecule has 0 bridgehead atoms. The Morgan fingerprint density at radius 2 is 1.24 bits per heavy atom. The first-order valence-corrected chi connectivity index (χ1v) is 16.8. The van der Waals surface area contributed by atoms with Crippen molar-refractivity contribution in [3.63, 3.8) is 0 Å². The first kappa shape index (κ1) is 56.1. The van der Waals surface area contributed by atoms with Crippen molar-refractivity contribution in [2.24, 2.45) is 0 Å². The lowest BCUT2D eigenvalue weighted by Gasteiger charge is -2.15. The summed E-state index contributed by atoms with van der Waals surface area (Å²) in [5, 5.41) is 9.11. The fourth-order valence-corrected chi connectivity index (χ4v) is 4.24. The van der Waals surface area contributed by atoms with Gasteiger partial charge < -0.3 is 19.3 Å². The van der Waals surface area contributed by atoms with Crippen LogP contribution in [0.25, 0.3) is 0 Å². The molecule has 1 unspecified atom stereocenters. The summed E-state index contributed by atoms with van der Waals surface area (Å²) in [6, 6.07) is 24.5. The van der Waals surface area contributed by atoms with Crippen molar-refractivity contribution in [3.05, 3.63) is 133 Å². The van der Waals surface area contributed by atoms with Crippen LogP contribution in [0.4, 0.5) is 0 Å². The minimum atomic E-state index is -0.276. The van der Waals surface area contributed by atoms with E-state index in [9.17, 15) is 9.59 Å². The number of carbonyl (C=O) groups excluding carboxylic acids is 2. The molecule has 9 heteroatoms. The van der Waals surface area contributed by atoms with E-state index in [-0.39, 0.29) is 53.3 Å². The second-order valence-corrected chi connectivity index (χ2v) is 11.7. The minimum absolute atomic E-state index is 0. The molecule has 1 heterocycles. The molecule has 7 nitrogen and oxygen atoms in total. The van der Waals surface area contributed by atoms with E-state index in [2.05, 4.69) is 77.0 Å². The fourth-order valence-electron chi connectivity index (χ4n) is 3.09. The van der Waals surface area contributed by atoms with Crippen LogP contribution in [-0.4, -0.2) is 36.2 Å². The van der Waals surface area contributed by atoms with Crippen molar-refractivity contribution in [1.29, 1.82) is 0 Å². The third-order valence-electron chi connectivity index (χ3n) is 5.50. The second-order valence-electron chi connectivity index (χ2n) is 9.42. The van der Waals surface area contributed by atoms with Crippen LogP contribution in [-0.2, 0) is 9.47 Å². The van der Waals surface area contributed by atoms with Gasteiger partial charge in [-0.25, -0.2) is 4.98 Å². The summed E-state index contributed by atoms with van der Waals surface area (Å²) in [7, 11) is 0. The van der Waals surface area contributed by atoms with Crippen molar-refractivity contribution in [2.45, 2.75) is 84.5 Å². The maximum absolute atomic E-state index is 11.2. The number of benzene rings is 3. The first-order chi connectivity index (χ1) is 21.9. The van der Waals surface area contributed by atoms with Gasteiger partial charge in [0.05, 0.1) is 20.0 Å². The average Bonchev–Trinajstić information content (AvgIpc) is 3.03. The summed E-state index contributed by atoms with van der Waals surface area (Å²) >= 11 is 4.13. The highest BCUT2D eigenvalue weighted by Gasteiger charge is 2.09. The number of rotatable bonds is 8. The lowest BCUT2D eigenvalue weighted by molar-refractivity contribution is -0.377. The molecule has 3 aromatic carbocycles. The number of halogens is 2. The van der Waals surface area contributed by atoms with Gasteiger partial charge in [-0.2, -0.15) is 0 Å². The molecular weight excluding hydrogens is 856 g/mol. The van der Waals surface area contributed by atoms with E-state index in [1.54, 1.807) is 31.2 Å². The minimum Gasteiger partial charge on any atom is -0.507 e. The SMILES string of the molecule is C.C.C.C.C=COCC.CC(=O)c1ccc(O)c(I)c1.CCOC(C)Oc1ccc(C(C)=O)cc1I.Cc1ccc(C)cc1.c1cc[nH+]cc1. The number of nitrogens with one attached hydrogen (secondary N) is 1. The summed E-state index contributed by atoms with van der Waals surface area (Å²) in [4.78, 5) is 24.9. The lowest BCUT2D eigenvalue weighted by Crippen LogP contribution is -2.16. The molecule has 0 radical (unpaired) electrons. The lowest BCUT2D eigenvalue weighted by atomic mass is 10.1. The Balaban J connectivity index is -0.000000175. The number of ether oxygens (including phenoxy) is 3. The molecule has 1 aromatic heterocycles. The molecule has 280 valence electrons. The van der Waals surface area contributed by atoms with Gasteiger partial charge in [-0.15, -0.1) is 0 Å². The van der Waals surface area contributed by atoms with E-state index in [0.29, 0.717) is 21.3 Å². The summed E-state index contributed by atoms with van der Waals surface area (Å²) < 4.78 is 17.1. The molecule has 0 aliphatic carbocycles. The van der Waals surface area contributed by atoms with E-state index in [4.69, 9.17) is 14.6 Å². The predicted octanol–water partition coefficient (Wildman–Crippen LogP) is 12.0. The number of pyridine rings is 1. The molecule has 0 fully saturated rings. The smallest absolute Gasteiger partial charge is 0.197 e. The molecule has 0 saturated heterocycles. The molecular formula is C41H62I2NO6+. The van der Waals surface area contributed by atoms with Crippen LogP contribution in [0, 0.1) is 21.0 Å². The second kappa shape index (κ2) is 34.2. The van der Waals surface area contributed by atoms with Gasteiger partial charge in [-0.1, -0.05) is 77.7 Å². The highest BCUT2D eigenvalue weighted by atomic mass is 127. The van der Waals surface area contributed by atoms with Gasteiger partial charge in [0.2, 0.25) is 0 Å². The number of aromatic nitrogens is 1. The monoisotopic (exact) mass is 918 g/mol. The Morgan fingerprint density at radius 1 is 0.780 bits per heavy atom. The Labute approximate surface area is 331 Å². The highest BCUT2D eigenvalue weighted by Crippen LogP contribution is 2.23. The largest absolute Gasteiger partial charge is 0.507 e. The van der Waals surface area contributed by atoms with Crippen LogP contribution in [0.5, 0.6) is 11.5 Å². The highest BCUT2D eigenvalue weighted by molar-refractivity contribution is 14.1. The van der Waals surface area contributed by atoms with Gasteiger partial charge in [0.25, 0.3) is 0 Å². The average molecular weight is 919 g/mol. The zero-order valence-electron chi connectivity index (χ0n) is 27.7. The van der Waals surface area contributed by atoms with Crippen molar-refractivity contribution < 1.29 is 33.9 Å². The predicted molar refractivity (Wildman–Crippen MR) is 229 cm³/mol. The van der Waals surface area contributed by atoms with Crippen molar-refractivity contribution >= 4 is 56.7 Å². The van der Waals surface area contributed by atoms with Crippen LogP contribution in [0.15, 0.2) is 104 Å². The van der Waals surface area contributed by atoms with Crippen LogP contribution in [0.2, 0.25) is 0 Å². The van der Waals surface area contributed by atoms with Gasteiger partial charge in [0.1, 0.15) is 11.5 Å². The quantitative estimate of drug-likeness (QED) is 0.0819. The Kier molecular flexibility index (Phi) is 38.3. The normalized spacial score (nSPS) is 9.14. The number of hydrogen-bond donors (Lipinski definition) is 1. The molecule has 2 N–H and O–H groups in total. The van der Waals surface area contributed by atoms with Crippen LogP contribution in [0.3, 0.4) is 0 Å². The van der Waals surface area contributed by atoms with Crippen LogP contribution in [0.1, 0.15) is 96.2 Å². The zero-order chi connectivity index (χ0) is 34.9. The first-order valence-electron chi connectivity index (χ1n) is 14.6. The van der Waals surface area contributed by atoms with Crippen LogP contribution < -0.4 is 9.72 Å². The molecule has 0 amide bonds. The van der Waals surface area contributed by atoms with E-state index in [1.165, 1.54) is 30.4 Å². The molecule has 1 atom stereocenters. The maximum Gasteiger partial charge on any atom is 0.197 e. The van der Waals surface area contributed by atoms with Crippen molar-refractivity contribution in [1.82, 2.24) is 0 Å². The van der Waals surface area contributed by atoms with E-state index < -0.39 is 0 Å². The van der Waals surface area contributed by atoms with E-state index >= 15 is 0 Å². The number of ketones is 2. The number of aromatic amines is 1. The molecule has 0 spiro atoms. The summed E-state index contributed by atoms with van der Waals surface area (Å²) in [5.74, 6) is 1.03. The maximum atomic E-state index is 11.2.